The summed E-state index contributed by atoms with van der Waals surface area (Å²) in [5, 5.41) is 0. The number of aromatic nitrogens is 3. The molecule has 6 nitrogen and oxygen atoms in total. The van der Waals surface area contributed by atoms with Crippen LogP contribution in [0.15, 0.2) is 48.9 Å². The molecule has 0 bridgehead atoms. The predicted octanol–water partition coefficient (Wildman–Crippen LogP) is 3.78. The number of hydrogen-bond acceptors (Lipinski definition) is 6. The van der Waals surface area contributed by atoms with Gasteiger partial charge in [-0.3, -0.25) is 9.97 Å². The molecule has 0 radical (unpaired) electrons. The molecule has 1 aliphatic carbocycles. The summed E-state index contributed by atoms with van der Waals surface area (Å²) in [6, 6.07) is 9.47. The van der Waals surface area contributed by atoms with Gasteiger partial charge in [0, 0.05) is 35.9 Å². The van der Waals surface area contributed by atoms with Crippen molar-refractivity contribution in [3.63, 3.8) is 0 Å². The van der Waals surface area contributed by atoms with E-state index in [2.05, 4.69) is 9.97 Å². The Hall–Kier alpha value is -3.28. The van der Waals surface area contributed by atoms with Crippen LogP contribution < -0.4 is 4.74 Å². The molecule has 0 amide bonds. The van der Waals surface area contributed by atoms with Crippen molar-refractivity contribution in [2.75, 3.05) is 7.11 Å². The molecular formula is C22H21N3O3. The number of pyridine rings is 3. The summed E-state index contributed by atoms with van der Waals surface area (Å²) in [5.41, 5.74) is 5.42. The Kier molecular flexibility index (Phi) is 5.28. The lowest BCUT2D eigenvalue weighted by molar-refractivity contribution is 0.0600. The van der Waals surface area contributed by atoms with Gasteiger partial charge in [-0.05, 0) is 55.0 Å². The van der Waals surface area contributed by atoms with Crippen LogP contribution in [0, 0.1) is 0 Å². The maximum absolute atomic E-state index is 11.9. The maximum atomic E-state index is 11.9. The van der Waals surface area contributed by atoms with Gasteiger partial charge in [0.05, 0.1) is 18.4 Å². The minimum absolute atomic E-state index is 0.354. The molecule has 0 aliphatic heterocycles. The summed E-state index contributed by atoms with van der Waals surface area (Å²) in [5.74, 6) is 0.161. The first-order valence-electron chi connectivity index (χ1n) is 9.34. The molecule has 1 aliphatic rings. The van der Waals surface area contributed by atoms with Crippen molar-refractivity contribution in [1.82, 2.24) is 15.0 Å². The van der Waals surface area contributed by atoms with E-state index in [9.17, 15) is 4.79 Å². The molecule has 3 aromatic rings. The molecule has 142 valence electrons. The fourth-order valence-corrected chi connectivity index (χ4v) is 3.46. The minimum atomic E-state index is -0.399. The van der Waals surface area contributed by atoms with Crippen LogP contribution in [-0.2, 0) is 24.2 Å². The number of nitrogens with zero attached hydrogens (tertiary/aromatic N) is 3. The first-order chi connectivity index (χ1) is 13.7. The summed E-state index contributed by atoms with van der Waals surface area (Å²) in [6.07, 6.45) is 9.15. The van der Waals surface area contributed by atoms with Gasteiger partial charge in [-0.2, -0.15) is 0 Å². The Morgan fingerprint density at radius 3 is 2.86 bits per heavy atom. The van der Waals surface area contributed by atoms with Gasteiger partial charge in [0.2, 0.25) is 5.88 Å². The highest BCUT2D eigenvalue weighted by Gasteiger charge is 2.19. The van der Waals surface area contributed by atoms with Gasteiger partial charge < -0.3 is 9.47 Å². The monoisotopic (exact) mass is 375 g/mol. The normalized spacial score (nSPS) is 12.9. The molecule has 6 heteroatoms. The molecule has 0 saturated carbocycles. The zero-order valence-corrected chi connectivity index (χ0v) is 15.7. The molecule has 0 unspecified atom stereocenters. The Morgan fingerprint density at radius 2 is 2.04 bits per heavy atom. The molecule has 0 fully saturated rings. The highest BCUT2D eigenvalue weighted by Crippen LogP contribution is 2.33. The Balaban J connectivity index is 1.70. The number of carbonyl (C=O) groups is 1. The van der Waals surface area contributed by atoms with Crippen LogP contribution in [0.5, 0.6) is 5.88 Å². The van der Waals surface area contributed by atoms with Crippen molar-refractivity contribution < 1.29 is 14.3 Å². The fourth-order valence-electron chi connectivity index (χ4n) is 3.46. The summed E-state index contributed by atoms with van der Waals surface area (Å²) < 4.78 is 10.8. The smallest absolute Gasteiger partial charge is 0.339 e. The Morgan fingerprint density at radius 1 is 1.14 bits per heavy atom. The van der Waals surface area contributed by atoms with Crippen molar-refractivity contribution in [2.24, 2.45) is 0 Å². The molecular weight excluding hydrogens is 354 g/mol. The number of rotatable bonds is 5. The molecule has 3 heterocycles. The zero-order valence-electron chi connectivity index (χ0n) is 15.7. The maximum Gasteiger partial charge on any atom is 0.339 e. The van der Waals surface area contributed by atoms with Gasteiger partial charge in [0.15, 0.2) is 0 Å². The van der Waals surface area contributed by atoms with Gasteiger partial charge in [0.1, 0.15) is 6.61 Å². The van der Waals surface area contributed by atoms with E-state index in [-0.39, 0.29) is 0 Å². The van der Waals surface area contributed by atoms with Gasteiger partial charge in [-0.1, -0.05) is 6.07 Å². The number of hydrogen-bond donors (Lipinski definition) is 0. The highest BCUT2D eigenvalue weighted by atomic mass is 16.5. The fraction of sp³-hybridized carbons (Fsp3) is 0.273. The summed E-state index contributed by atoms with van der Waals surface area (Å²) in [4.78, 5) is 25.2. The van der Waals surface area contributed by atoms with Crippen molar-refractivity contribution >= 4 is 5.97 Å². The zero-order chi connectivity index (χ0) is 19.3. The van der Waals surface area contributed by atoms with E-state index < -0.39 is 5.97 Å². The largest absolute Gasteiger partial charge is 0.471 e. The molecule has 0 aromatic carbocycles. The summed E-state index contributed by atoms with van der Waals surface area (Å²) >= 11 is 0. The van der Waals surface area contributed by atoms with Crippen LogP contribution in [0.25, 0.3) is 11.1 Å². The molecule has 0 atom stereocenters. The lowest BCUT2D eigenvalue weighted by Gasteiger charge is -2.20. The number of esters is 1. The molecule has 28 heavy (non-hydrogen) atoms. The SMILES string of the molecule is COC(=O)c1cncc(-c2cc(OCc3ccccn3)nc3c2CCCC3)c1. The van der Waals surface area contributed by atoms with E-state index in [0.717, 1.165) is 48.2 Å². The van der Waals surface area contributed by atoms with Gasteiger partial charge in [-0.25, -0.2) is 9.78 Å². The second-order valence-corrected chi connectivity index (χ2v) is 6.70. The van der Waals surface area contributed by atoms with Gasteiger partial charge >= 0.3 is 5.97 Å². The third kappa shape index (κ3) is 3.86. The highest BCUT2D eigenvalue weighted by molar-refractivity contribution is 5.90. The molecule has 0 N–H and O–H groups in total. The topological polar surface area (TPSA) is 74.2 Å². The van der Waals surface area contributed by atoms with Crippen molar-refractivity contribution in [3.8, 4) is 17.0 Å². The van der Waals surface area contributed by atoms with Crippen molar-refractivity contribution in [2.45, 2.75) is 32.3 Å². The number of ether oxygens (including phenoxy) is 2. The van der Waals surface area contributed by atoms with Crippen LogP contribution >= 0.6 is 0 Å². The average molecular weight is 375 g/mol. The lowest BCUT2D eigenvalue weighted by Crippen LogP contribution is -2.10. The van der Waals surface area contributed by atoms with Gasteiger partial charge in [-0.15, -0.1) is 0 Å². The molecule has 0 spiro atoms. The Labute approximate surface area is 163 Å². The van der Waals surface area contributed by atoms with E-state index in [4.69, 9.17) is 14.5 Å². The quantitative estimate of drug-likeness (QED) is 0.632. The van der Waals surface area contributed by atoms with Crippen LogP contribution in [0.1, 0.15) is 40.2 Å². The third-order valence-corrected chi connectivity index (χ3v) is 4.84. The van der Waals surface area contributed by atoms with Crippen LogP contribution in [-0.4, -0.2) is 28.0 Å². The number of methoxy groups -OCH3 is 1. The van der Waals surface area contributed by atoms with Crippen LogP contribution in [0.2, 0.25) is 0 Å². The lowest BCUT2D eigenvalue weighted by atomic mass is 9.89. The Bertz CT molecular complexity index is 990. The predicted molar refractivity (Wildman–Crippen MR) is 104 cm³/mol. The van der Waals surface area contributed by atoms with E-state index in [1.807, 2.05) is 30.3 Å². The van der Waals surface area contributed by atoms with E-state index in [0.29, 0.717) is 18.1 Å². The minimum Gasteiger partial charge on any atom is -0.471 e. The van der Waals surface area contributed by atoms with E-state index in [1.54, 1.807) is 12.4 Å². The average Bonchev–Trinajstić information content (AvgIpc) is 2.77. The van der Waals surface area contributed by atoms with Crippen molar-refractivity contribution in [1.29, 1.82) is 0 Å². The first kappa shape index (κ1) is 18.1. The third-order valence-electron chi connectivity index (χ3n) is 4.84. The number of fused-ring (bicyclic) bond motifs is 1. The molecule has 3 aromatic heterocycles. The summed E-state index contributed by atoms with van der Waals surface area (Å²) in [6.45, 7) is 0.354. The van der Waals surface area contributed by atoms with Gasteiger partial charge in [0.25, 0.3) is 0 Å². The summed E-state index contributed by atoms with van der Waals surface area (Å²) in [7, 11) is 1.37. The van der Waals surface area contributed by atoms with Crippen LogP contribution in [0.3, 0.4) is 0 Å². The van der Waals surface area contributed by atoms with E-state index >= 15 is 0 Å². The number of carbonyl (C=O) groups excluding carboxylic acids is 1. The standard InChI is InChI=1S/C22H21N3O3/c1-27-22(26)16-10-15(12-23-13-16)19-11-21(25-20-8-3-2-7-18(19)20)28-14-17-6-4-5-9-24-17/h4-6,9-13H,2-3,7-8,14H2,1H3. The molecule has 4 rings (SSSR count). The number of aryl methyl sites for hydroxylation is 1. The molecule has 0 saturated heterocycles. The van der Waals surface area contributed by atoms with Crippen LogP contribution in [0.4, 0.5) is 0 Å². The van der Waals surface area contributed by atoms with E-state index in [1.165, 1.54) is 18.9 Å². The second kappa shape index (κ2) is 8.17. The van der Waals surface area contributed by atoms with Crippen molar-refractivity contribution in [3.05, 3.63) is 71.4 Å². The first-order valence-corrected chi connectivity index (χ1v) is 9.34. The second-order valence-electron chi connectivity index (χ2n) is 6.70.